The molecular weight excluding hydrogens is 472 g/mol. The van der Waals surface area contributed by atoms with E-state index in [1.165, 1.54) is 18.2 Å². The Morgan fingerprint density at radius 2 is 1.77 bits per heavy atom. The van der Waals surface area contributed by atoms with Gasteiger partial charge in [0.25, 0.3) is 11.8 Å². The van der Waals surface area contributed by atoms with Crippen molar-refractivity contribution in [3.63, 3.8) is 0 Å². The molecule has 0 aliphatic carbocycles. The number of amides is 4. The van der Waals surface area contributed by atoms with E-state index in [1.54, 1.807) is 24.3 Å². The molecule has 1 saturated heterocycles. The van der Waals surface area contributed by atoms with Gasteiger partial charge < -0.3 is 4.42 Å². The van der Waals surface area contributed by atoms with Gasteiger partial charge in [0, 0.05) is 15.1 Å². The van der Waals surface area contributed by atoms with Crippen molar-refractivity contribution in [3.8, 4) is 11.3 Å². The van der Waals surface area contributed by atoms with E-state index in [0.29, 0.717) is 22.2 Å². The topological polar surface area (TPSA) is 79.6 Å². The molecule has 150 valence electrons. The van der Waals surface area contributed by atoms with Crippen LogP contribution in [0.3, 0.4) is 0 Å². The highest BCUT2D eigenvalue weighted by Gasteiger charge is 2.37. The van der Waals surface area contributed by atoms with E-state index in [0.717, 1.165) is 20.5 Å². The first-order chi connectivity index (χ1) is 14.3. The van der Waals surface area contributed by atoms with Gasteiger partial charge in [0.05, 0.1) is 5.69 Å². The number of carbonyl (C=O) groups excluding carboxylic acids is 3. The van der Waals surface area contributed by atoms with Crippen LogP contribution >= 0.6 is 27.5 Å². The van der Waals surface area contributed by atoms with Crippen LogP contribution in [0, 0.1) is 6.92 Å². The fraction of sp³-hybridized carbons (Fsp3) is 0.0455. The van der Waals surface area contributed by atoms with Crippen molar-refractivity contribution in [2.45, 2.75) is 6.92 Å². The molecule has 1 aliphatic heterocycles. The molecule has 1 N–H and O–H groups in total. The molecule has 0 bridgehead atoms. The number of hydrogen-bond donors (Lipinski definition) is 1. The summed E-state index contributed by atoms with van der Waals surface area (Å²) in [7, 11) is 0. The maximum absolute atomic E-state index is 12.9. The van der Waals surface area contributed by atoms with E-state index in [9.17, 15) is 14.4 Å². The monoisotopic (exact) mass is 484 g/mol. The van der Waals surface area contributed by atoms with Gasteiger partial charge in [-0.05, 0) is 67.1 Å². The van der Waals surface area contributed by atoms with Crippen molar-refractivity contribution in [1.29, 1.82) is 0 Å². The minimum absolute atomic E-state index is 0.214. The summed E-state index contributed by atoms with van der Waals surface area (Å²) >= 11 is 9.38. The average Bonchev–Trinajstić information content (AvgIpc) is 3.15. The summed E-state index contributed by atoms with van der Waals surface area (Å²) in [5, 5.41) is 2.63. The Kier molecular flexibility index (Phi) is 5.32. The molecule has 2 aromatic carbocycles. The Bertz CT molecular complexity index is 1210. The predicted octanol–water partition coefficient (Wildman–Crippen LogP) is 5.34. The summed E-state index contributed by atoms with van der Waals surface area (Å²) in [4.78, 5) is 38.3. The van der Waals surface area contributed by atoms with E-state index in [2.05, 4.69) is 21.2 Å². The first-order valence-corrected chi connectivity index (χ1v) is 10.0. The lowest BCUT2D eigenvalue weighted by molar-refractivity contribution is -0.122. The zero-order valence-corrected chi connectivity index (χ0v) is 18.0. The van der Waals surface area contributed by atoms with Gasteiger partial charge in [-0.1, -0.05) is 33.6 Å². The van der Waals surface area contributed by atoms with Crippen LogP contribution in [0.15, 0.2) is 69.1 Å². The van der Waals surface area contributed by atoms with Gasteiger partial charge in [-0.2, -0.15) is 0 Å². The summed E-state index contributed by atoms with van der Waals surface area (Å²) < 4.78 is 6.68. The lowest BCUT2D eigenvalue weighted by atomic mass is 10.1. The maximum Gasteiger partial charge on any atom is 0.335 e. The normalized spacial score (nSPS) is 15.6. The zero-order valence-electron chi connectivity index (χ0n) is 15.6. The summed E-state index contributed by atoms with van der Waals surface area (Å²) in [5.41, 5.74) is 2.01. The third-order valence-corrected chi connectivity index (χ3v) is 5.40. The highest BCUT2D eigenvalue weighted by atomic mass is 79.9. The van der Waals surface area contributed by atoms with Crippen LogP contribution in [0.1, 0.15) is 11.3 Å². The molecule has 30 heavy (non-hydrogen) atoms. The van der Waals surface area contributed by atoms with Gasteiger partial charge in [-0.15, -0.1) is 0 Å². The summed E-state index contributed by atoms with van der Waals surface area (Å²) in [6, 6.07) is 14.5. The molecule has 4 amide bonds. The molecule has 2 heterocycles. The molecule has 0 atom stereocenters. The fourth-order valence-corrected chi connectivity index (χ4v) is 3.83. The first kappa shape index (κ1) is 20.1. The minimum atomic E-state index is -0.826. The smallest absolute Gasteiger partial charge is 0.335 e. The fourth-order valence-electron chi connectivity index (χ4n) is 3.02. The van der Waals surface area contributed by atoms with Crippen LogP contribution in [-0.2, 0) is 9.59 Å². The van der Waals surface area contributed by atoms with Crippen LogP contribution in [0.25, 0.3) is 17.4 Å². The molecule has 1 aromatic heterocycles. The molecule has 6 nitrogen and oxygen atoms in total. The van der Waals surface area contributed by atoms with Gasteiger partial charge >= 0.3 is 6.03 Å². The Hall–Kier alpha value is -3.16. The lowest BCUT2D eigenvalue weighted by Crippen LogP contribution is -2.54. The number of hydrogen-bond acceptors (Lipinski definition) is 4. The second-order valence-electron chi connectivity index (χ2n) is 6.62. The Morgan fingerprint density at radius 3 is 2.47 bits per heavy atom. The Morgan fingerprint density at radius 1 is 1.03 bits per heavy atom. The molecule has 0 spiro atoms. The summed E-state index contributed by atoms with van der Waals surface area (Å²) in [6.45, 7) is 1.98. The number of carbonyl (C=O) groups is 3. The average molecular weight is 486 g/mol. The molecule has 3 aromatic rings. The number of aryl methyl sites for hydroxylation is 1. The molecular formula is C22H14BrClN2O4. The van der Waals surface area contributed by atoms with E-state index >= 15 is 0 Å². The van der Waals surface area contributed by atoms with Crippen molar-refractivity contribution < 1.29 is 18.8 Å². The van der Waals surface area contributed by atoms with Crippen LogP contribution < -0.4 is 10.2 Å². The number of nitrogens with zero attached hydrogens (tertiary/aromatic N) is 1. The van der Waals surface area contributed by atoms with Crippen molar-refractivity contribution in [2.24, 2.45) is 0 Å². The van der Waals surface area contributed by atoms with E-state index < -0.39 is 17.8 Å². The highest BCUT2D eigenvalue weighted by molar-refractivity contribution is 9.10. The Balaban J connectivity index is 1.68. The van der Waals surface area contributed by atoms with Crippen LogP contribution in [-0.4, -0.2) is 17.8 Å². The number of urea groups is 1. The molecule has 0 saturated carbocycles. The number of halogens is 2. The third kappa shape index (κ3) is 3.81. The van der Waals surface area contributed by atoms with Crippen molar-refractivity contribution in [1.82, 2.24) is 5.32 Å². The molecule has 8 heteroatoms. The highest BCUT2D eigenvalue weighted by Crippen LogP contribution is 2.31. The van der Waals surface area contributed by atoms with Gasteiger partial charge in [0.15, 0.2) is 0 Å². The standard InChI is InChI=1S/C22H14BrClN2O4/c1-12-2-8-16(18(23)10-12)19-9-7-15(30-19)11-17-20(27)25-22(29)26(21(17)28)14-5-3-13(24)4-6-14/h2-11H,1H3,(H,25,27,29). The minimum Gasteiger partial charge on any atom is -0.457 e. The van der Waals surface area contributed by atoms with Crippen LogP contribution in [0.5, 0.6) is 0 Å². The number of anilines is 1. The second-order valence-corrected chi connectivity index (χ2v) is 7.91. The van der Waals surface area contributed by atoms with Gasteiger partial charge in [0.2, 0.25) is 0 Å². The van der Waals surface area contributed by atoms with Gasteiger partial charge in [0.1, 0.15) is 17.1 Å². The quantitative estimate of drug-likeness (QED) is 0.401. The summed E-state index contributed by atoms with van der Waals surface area (Å²) in [6.07, 6.45) is 1.32. The third-order valence-electron chi connectivity index (χ3n) is 4.49. The van der Waals surface area contributed by atoms with Crippen molar-refractivity contribution in [2.75, 3.05) is 4.90 Å². The Labute approximate surface area is 185 Å². The molecule has 1 aliphatic rings. The largest absolute Gasteiger partial charge is 0.457 e. The number of rotatable bonds is 3. The zero-order chi connectivity index (χ0) is 21.4. The molecule has 4 rings (SSSR count). The van der Waals surface area contributed by atoms with E-state index in [4.69, 9.17) is 16.0 Å². The number of barbiturate groups is 1. The van der Waals surface area contributed by atoms with Crippen molar-refractivity contribution >= 4 is 57.1 Å². The number of benzene rings is 2. The number of furan rings is 1. The molecule has 0 unspecified atom stereocenters. The maximum atomic E-state index is 12.9. The predicted molar refractivity (Wildman–Crippen MR) is 117 cm³/mol. The number of imide groups is 2. The van der Waals surface area contributed by atoms with E-state index in [1.807, 2.05) is 25.1 Å². The molecule has 0 radical (unpaired) electrons. The second kappa shape index (κ2) is 7.93. The SMILES string of the molecule is Cc1ccc(-c2ccc(C=C3C(=O)NC(=O)N(c4ccc(Cl)cc4)C3=O)o2)c(Br)c1. The first-order valence-electron chi connectivity index (χ1n) is 8.87. The van der Waals surface area contributed by atoms with E-state index in [-0.39, 0.29) is 5.57 Å². The van der Waals surface area contributed by atoms with Crippen LogP contribution in [0.2, 0.25) is 5.02 Å². The van der Waals surface area contributed by atoms with Crippen LogP contribution in [0.4, 0.5) is 10.5 Å². The van der Waals surface area contributed by atoms with Crippen molar-refractivity contribution in [3.05, 3.63) is 81.0 Å². The number of nitrogens with one attached hydrogen (secondary N) is 1. The molecule has 1 fully saturated rings. The lowest BCUT2D eigenvalue weighted by Gasteiger charge is -2.26. The summed E-state index contributed by atoms with van der Waals surface area (Å²) in [5.74, 6) is -0.658. The van der Waals surface area contributed by atoms with Gasteiger partial charge in [-0.25, -0.2) is 9.69 Å². The van der Waals surface area contributed by atoms with Gasteiger partial charge in [-0.3, -0.25) is 14.9 Å².